The van der Waals surface area contributed by atoms with E-state index in [2.05, 4.69) is 0 Å². The van der Waals surface area contributed by atoms with Crippen molar-refractivity contribution in [1.82, 2.24) is 0 Å². The predicted molar refractivity (Wildman–Crippen MR) is 83.6 cm³/mol. The lowest BCUT2D eigenvalue weighted by Crippen LogP contribution is -2.13. The number of nitrogens with two attached hydrogens (primary N) is 1. The third-order valence-corrected chi connectivity index (χ3v) is 3.62. The molecule has 0 aliphatic rings. The highest BCUT2D eigenvalue weighted by Crippen LogP contribution is 2.37. The molecule has 0 radical (unpaired) electrons. The minimum absolute atomic E-state index is 0.374. The van der Waals surface area contributed by atoms with Gasteiger partial charge in [0.15, 0.2) is 11.5 Å². The Kier molecular flexibility index (Phi) is 4.94. The zero-order chi connectivity index (χ0) is 15.4. The maximum atomic E-state index is 6.36. The molecule has 0 aliphatic heterocycles. The van der Waals surface area contributed by atoms with E-state index in [1.807, 2.05) is 30.3 Å². The standard InChI is InChI=1S/C16H18ClNO3/c1-19-13-6-4-5-11(16(13)21-3)15(18)10-7-8-12(17)14(9-10)20-2/h4-9,15H,18H2,1-3H3. The van der Waals surface area contributed by atoms with E-state index in [0.717, 1.165) is 11.1 Å². The average molecular weight is 308 g/mol. The van der Waals surface area contributed by atoms with Gasteiger partial charge in [-0.3, -0.25) is 0 Å². The van der Waals surface area contributed by atoms with Crippen molar-refractivity contribution in [2.24, 2.45) is 5.73 Å². The maximum Gasteiger partial charge on any atom is 0.165 e. The van der Waals surface area contributed by atoms with E-state index in [0.29, 0.717) is 22.3 Å². The van der Waals surface area contributed by atoms with Crippen LogP contribution in [-0.2, 0) is 0 Å². The van der Waals surface area contributed by atoms with E-state index in [1.54, 1.807) is 27.4 Å². The molecule has 5 heteroatoms. The monoisotopic (exact) mass is 307 g/mol. The SMILES string of the molecule is COc1cc(C(N)c2cccc(OC)c2OC)ccc1Cl. The van der Waals surface area contributed by atoms with Crippen molar-refractivity contribution >= 4 is 11.6 Å². The summed E-state index contributed by atoms with van der Waals surface area (Å²) in [6.45, 7) is 0. The summed E-state index contributed by atoms with van der Waals surface area (Å²) in [6, 6.07) is 10.7. The van der Waals surface area contributed by atoms with Crippen LogP contribution in [-0.4, -0.2) is 21.3 Å². The molecule has 0 spiro atoms. The van der Waals surface area contributed by atoms with Gasteiger partial charge in [-0.05, 0) is 23.8 Å². The highest BCUT2D eigenvalue weighted by Gasteiger charge is 2.18. The van der Waals surface area contributed by atoms with Crippen molar-refractivity contribution in [2.45, 2.75) is 6.04 Å². The Morgan fingerprint density at radius 3 is 2.29 bits per heavy atom. The van der Waals surface area contributed by atoms with E-state index in [4.69, 9.17) is 31.5 Å². The van der Waals surface area contributed by atoms with Gasteiger partial charge < -0.3 is 19.9 Å². The molecule has 1 unspecified atom stereocenters. The topological polar surface area (TPSA) is 53.7 Å². The second-order valence-corrected chi connectivity index (χ2v) is 4.86. The van der Waals surface area contributed by atoms with Crippen molar-refractivity contribution in [2.75, 3.05) is 21.3 Å². The molecule has 21 heavy (non-hydrogen) atoms. The molecule has 2 N–H and O–H groups in total. The van der Waals surface area contributed by atoms with E-state index in [9.17, 15) is 0 Å². The molecule has 1 atom stereocenters. The van der Waals surface area contributed by atoms with Crippen molar-refractivity contribution in [3.05, 3.63) is 52.5 Å². The Balaban J connectivity index is 2.47. The third-order valence-electron chi connectivity index (χ3n) is 3.30. The van der Waals surface area contributed by atoms with Crippen LogP contribution in [0.4, 0.5) is 0 Å². The van der Waals surface area contributed by atoms with Crippen molar-refractivity contribution in [3.8, 4) is 17.2 Å². The molecule has 0 amide bonds. The van der Waals surface area contributed by atoms with Gasteiger partial charge in [-0.15, -0.1) is 0 Å². The van der Waals surface area contributed by atoms with Crippen LogP contribution in [0.1, 0.15) is 17.2 Å². The van der Waals surface area contributed by atoms with Crippen LogP contribution in [0.5, 0.6) is 17.2 Å². The van der Waals surface area contributed by atoms with Gasteiger partial charge >= 0.3 is 0 Å². The first-order chi connectivity index (χ1) is 10.1. The fourth-order valence-electron chi connectivity index (χ4n) is 2.21. The zero-order valence-corrected chi connectivity index (χ0v) is 13.0. The number of benzene rings is 2. The lowest BCUT2D eigenvalue weighted by molar-refractivity contribution is 0.350. The number of hydrogen-bond donors (Lipinski definition) is 1. The summed E-state index contributed by atoms with van der Waals surface area (Å²) in [6.07, 6.45) is 0. The molecule has 0 aromatic heterocycles. The summed E-state index contributed by atoms with van der Waals surface area (Å²) >= 11 is 6.04. The maximum absolute atomic E-state index is 6.36. The summed E-state index contributed by atoms with van der Waals surface area (Å²) < 4.78 is 16.0. The Hall–Kier alpha value is -1.91. The minimum Gasteiger partial charge on any atom is -0.495 e. The van der Waals surface area contributed by atoms with Crippen molar-refractivity contribution in [1.29, 1.82) is 0 Å². The Morgan fingerprint density at radius 1 is 0.952 bits per heavy atom. The lowest BCUT2D eigenvalue weighted by Gasteiger charge is -2.19. The van der Waals surface area contributed by atoms with Crippen molar-refractivity contribution in [3.63, 3.8) is 0 Å². The largest absolute Gasteiger partial charge is 0.495 e. The predicted octanol–water partition coefficient (Wildman–Crippen LogP) is 3.41. The molecule has 0 bridgehead atoms. The van der Waals surface area contributed by atoms with E-state index < -0.39 is 0 Å². The molecular weight excluding hydrogens is 290 g/mol. The molecule has 2 aromatic rings. The molecule has 0 heterocycles. The quantitative estimate of drug-likeness (QED) is 0.919. The average Bonchev–Trinajstić information content (AvgIpc) is 2.53. The van der Waals surface area contributed by atoms with Crippen LogP contribution >= 0.6 is 11.6 Å². The zero-order valence-electron chi connectivity index (χ0n) is 12.2. The molecule has 0 saturated carbocycles. The van der Waals surface area contributed by atoms with E-state index >= 15 is 0 Å². The van der Waals surface area contributed by atoms with Crippen LogP contribution < -0.4 is 19.9 Å². The Labute approximate surface area is 129 Å². The van der Waals surface area contributed by atoms with Gasteiger partial charge in [0.05, 0.1) is 32.4 Å². The van der Waals surface area contributed by atoms with E-state index in [-0.39, 0.29) is 6.04 Å². The van der Waals surface area contributed by atoms with Gasteiger partial charge in [-0.1, -0.05) is 29.8 Å². The number of rotatable bonds is 5. The molecule has 112 valence electrons. The summed E-state index contributed by atoms with van der Waals surface area (Å²) in [7, 11) is 4.76. The number of hydrogen-bond acceptors (Lipinski definition) is 4. The van der Waals surface area contributed by atoms with E-state index in [1.165, 1.54) is 0 Å². The molecule has 2 aromatic carbocycles. The highest BCUT2D eigenvalue weighted by atomic mass is 35.5. The second-order valence-electron chi connectivity index (χ2n) is 4.45. The molecule has 2 rings (SSSR count). The smallest absolute Gasteiger partial charge is 0.165 e. The first-order valence-electron chi connectivity index (χ1n) is 6.42. The summed E-state index contributed by atoms with van der Waals surface area (Å²) in [5.41, 5.74) is 8.07. The van der Waals surface area contributed by atoms with Crippen LogP contribution in [0.3, 0.4) is 0 Å². The number of halogens is 1. The minimum atomic E-state index is -0.374. The number of ether oxygens (including phenoxy) is 3. The summed E-state index contributed by atoms with van der Waals surface area (Å²) in [4.78, 5) is 0. The number of methoxy groups -OCH3 is 3. The van der Waals surface area contributed by atoms with Gasteiger partial charge in [-0.2, -0.15) is 0 Å². The first kappa shape index (κ1) is 15.5. The van der Waals surface area contributed by atoms with Crippen LogP contribution in [0, 0.1) is 0 Å². The Morgan fingerprint density at radius 2 is 1.67 bits per heavy atom. The molecule has 0 saturated heterocycles. The summed E-state index contributed by atoms with van der Waals surface area (Å²) in [5, 5.41) is 0.547. The van der Waals surface area contributed by atoms with Crippen LogP contribution in [0.25, 0.3) is 0 Å². The second kappa shape index (κ2) is 6.70. The van der Waals surface area contributed by atoms with Gasteiger partial charge in [0.1, 0.15) is 5.75 Å². The van der Waals surface area contributed by atoms with Crippen LogP contribution in [0.2, 0.25) is 5.02 Å². The fourth-order valence-corrected chi connectivity index (χ4v) is 2.40. The number of para-hydroxylation sites is 1. The van der Waals surface area contributed by atoms with Crippen molar-refractivity contribution < 1.29 is 14.2 Å². The lowest BCUT2D eigenvalue weighted by atomic mass is 9.98. The fraction of sp³-hybridized carbons (Fsp3) is 0.250. The molecule has 0 fully saturated rings. The Bertz CT molecular complexity index is 631. The van der Waals surface area contributed by atoms with Gasteiger partial charge in [0.2, 0.25) is 0 Å². The first-order valence-corrected chi connectivity index (χ1v) is 6.80. The van der Waals surface area contributed by atoms with Gasteiger partial charge in [0, 0.05) is 5.56 Å². The molecular formula is C16H18ClNO3. The van der Waals surface area contributed by atoms with Gasteiger partial charge in [0.25, 0.3) is 0 Å². The highest BCUT2D eigenvalue weighted by molar-refractivity contribution is 6.32. The van der Waals surface area contributed by atoms with Gasteiger partial charge in [-0.25, -0.2) is 0 Å². The molecule has 0 aliphatic carbocycles. The van der Waals surface area contributed by atoms with Crippen LogP contribution in [0.15, 0.2) is 36.4 Å². The normalized spacial score (nSPS) is 11.9. The molecule has 4 nitrogen and oxygen atoms in total. The third kappa shape index (κ3) is 3.06. The summed E-state index contributed by atoms with van der Waals surface area (Å²) in [5.74, 6) is 1.86.